The molecule has 23 heavy (non-hydrogen) atoms. The van der Waals surface area contributed by atoms with E-state index in [9.17, 15) is 9.18 Å². The standard InChI is InChI=1S/C19H22FNO2/c1-14(2)13-21-19(22)11-6-15-4-3-5-18(12-15)23-17-9-7-16(20)8-10-17/h3-5,7-10,12,14H,6,11,13H2,1-2H3,(H,21,22). The van der Waals surface area contributed by atoms with Crippen LogP contribution >= 0.6 is 0 Å². The molecule has 0 heterocycles. The quantitative estimate of drug-likeness (QED) is 0.826. The highest BCUT2D eigenvalue weighted by molar-refractivity contribution is 5.76. The minimum Gasteiger partial charge on any atom is -0.457 e. The molecule has 4 heteroatoms. The molecule has 2 aromatic rings. The van der Waals surface area contributed by atoms with Gasteiger partial charge in [-0.15, -0.1) is 0 Å². The molecule has 0 aliphatic carbocycles. The molecule has 0 fully saturated rings. The van der Waals surface area contributed by atoms with Crippen LogP contribution < -0.4 is 10.1 Å². The third-order valence-electron chi connectivity index (χ3n) is 3.30. The summed E-state index contributed by atoms with van der Waals surface area (Å²) in [5, 5.41) is 2.91. The first-order valence-electron chi connectivity index (χ1n) is 7.82. The van der Waals surface area contributed by atoms with Crippen molar-refractivity contribution in [2.75, 3.05) is 6.54 Å². The lowest BCUT2D eigenvalue weighted by atomic mass is 10.1. The molecule has 122 valence electrons. The van der Waals surface area contributed by atoms with Crippen LogP contribution in [0.25, 0.3) is 0 Å². The average molecular weight is 315 g/mol. The van der Waals surface area contributed by atoms with E-state index in [2.05, 4.69) is 19.2 Å². The Morgan fingerprint density at radius 2 is 1.87 bits per heavy atom. The molecule has 0 aliphatic rings. The Morgan fingerprint density at radius 3 is 2.57 bits per heavy atom. The fourth-order valence-corrected chi connectivity index (χ4v) is 2.07. The summed E-state index contributed by atoms with van der Waals surface area (Å²) in [6.07, 6.45) is 1.11. The van der Waals surface area contributed by atoms with E-state index in [1.54, 1.807) is 12.1 Å². The summed E-state index contributed by atoms with van der Waals surface area (Å²) in [6.45, 7) is 4.83. The molecule has 3 nitrogen and oxygen atoms in total. The highest BCUT2D eigenvalue weighted by Gasteiger charge is 2.05. The van der Waals surface area contributed by atoms with Crippen LogP contribution in [0.2, 0.25) is 0 Å². The number of carbonyl (C=O) groups is 1. The predicted molar refractivity (Wildman–Crippen MR) is 89.1 cm³/mol. The first-order chi connectivity index (χ1) is 11.0. The Kier molecular flexibility index (Phi) is 6.15. The molecule has 2 aromatic carbocycles. The van der Waals surface area contributed by atoms with Crippen molar-refractivity contribution in [2.24, 2.45) is 5.92 Å². The van der Waals surface area contributed by atoms with Crippen molar-refractivity contribution in [1.29, 1.82) is 0 Å². The monoisotopic (exact) mass is 315 g/mol. The number of aryl methyl sites for hydroxylation is 1. The minimum atomic E-state index is -0.293. The molecule has 2 rings (SSSR count). The smallest absolute Gasteiger partial charge is 0.220 e. The summed E-state index contributed by atoms with van der Waals surface area (Å²) in [4.78, 5) is 11.8. The molecule has 0 saturated heterocycles. The maximum absolute atomic E-state index is 12.9. The van der Waals surface area contributed by atoms with Crippen LogP contribution in [0, 0.1) is 11.7 Å². The SMILES string of the molecule is CC(C)CNC(=O)CCc1cccc(Oc2ccc(F)cc2)c1. The van der Waals surface area contributed by atoms with E-state index in [0.29, 0.717) is 36.8 Å². The zero-order chi connectivity index (χ0) is 16.7. The van der Waals surface area contributed by atoms with Crippen molar-refractivity contribution in [3.8, 4) is 11.5 Å². The summed E-state index contributed by atoms with van der Waals surface area (Å²) >= 11 is 0. The van der Waals surface area contributed by atoms with Crippen LogP contribution in [0.1, 0.15) is 25.8 Å². The highest BCUT2D eigenvalue weighted by atomic mass is 19.1. The topological polar surface area (TPSA) is 38.3 Å². The van der Waals surface area contributed by atoms with Crippen LogP contribution in [0.5, 0.6) is 11.5 Å². The second-order valence-electron chi connectivity index (χ2n) is 5.90. The van der Waals surface area contributed by atoms with Crippen molar-refractivity contribution in [2.45, 2.75) is 26.7 Å². The number of hydrogen-bond acceptors (Lipinski definition) is 2. The van der Waals surface area contributed by atoms with Gasteiger partial charge >= 0.3 is 0 Å². The number of hydrogen-bond donors (Lipinski definition) is 1. The number of amides is 1. The van der Waals surface area contributed by atoms with E-state index in [1.807, 2.05) is 24.3 Å². The van der Waals surface area contributed by atoms with Crippen LogP contribution in [-0.4, -0.2) is 12.5 Å². The Hall–Kier alpha value is -2.36. The van der Waals surface area contributed by atoms with E-state index in [4.69, 9.17) is 4.74 Å². The second kappa shape index (κ2) is 8.32. The van der Waals surface area contributed by atoms with Crippen molar-refractivity contribution in [3.05, 3.63) is 59.9 Å². The van der Waals surface area contributed by atoms with E-state index < -0.39 is 0 Å². The molecule has 0 aliphatic heterocycles. The molecule has 0 unspecified atom stereocenters. The molecular weight excluding hydrogens is 293 g/mol. The second-order valence-corrected chi connectivity index (χ2v) is 5.90. The Labute approximate surface area is 136 Å². The first kappa shape index (κ1) is 17.0. The maximum atomic E-state index is 12.9. The van der Waals surface area contributed by atoms with Crippen LogP contribution in [0.3, 0.4) is 0 Å². The van der Waals surface area contributed by atoms with Gasteiger partial charge in [0.25, 0.3) is 0 Å². The summed E-state index contributed by atoms with van der Waals surface area (Å²) in [6, 6.07) is 13.5. The summed E-state index contributed by atoms with van der Waals surface area (Å²) < 4.78 is 18.6. The molecule has 0 atom stereocenters. The van der Waals surface area contributed by atoms with Crippen LogP contribution in [-0.2, 0) is 11.2 Å². The lowest BCUT2D eigenvalue weighted by Crippen LogP contribution is -2.27. The third-order valence-corrected chi connectivity index (χ3v) is 3.30. The molecule has 0 bridgehead atoms. The van der Waals surface area contributed by atoms with Crippen molar-refractivity contribution in [3.63, 3.8) is 0 Å². The normalized spacial score (nSPS) is 10.6. The molecule has 0 aromatic heterocycles. The number of carbonyl (C=O) groups excluding carboxylic acids is 1. The van der Waals surface area contributed by atoms with Crippen molar-refractivity contribution in [1.82, 2.24) is 5.32 Å². The summed E-state index contributed by atoms with van der Waals surface area (Å²) in [7, 11) is 0. The fraction of sp³-hybridized carbons (Fsp3) is 0.316. The van der Waals surface area contributed by atoms with Gasteiger partial charge in [0.05, 0.1) is 0 Å². The molecule has 0 radical (unpaired) electrons. The Balaban J connectivity index is 1.89. The molecule has 0 spiro atoms. The molecular formula is C19H22FNO2. The lowest BCUT2D eigenvalue weighted by molar-refractivity contribution is -0.121. The fourth-order valence-electron chi connectivity index (χ4n) is 2.07. The number of nitrogens with one attached hydrogen (secondary N) is 1. The van der Waals surface area contributed by atoms with Gasteiger partial charge in [0, 0.05) is 13.0 Å². The van der Waals surface area contributed by atoms with Gasteiger partial charge < -0.3 is 10.1 Å². The van der Waals surface area contributed by atoms with Crippen molar-refractivity contribution >= 4 is 5.91 Å². The number of benzene rings is 2. The van der Waals surface area contributed by atoms with Gasteiger partial charge in [-0.05, 0) is 54.3 Å². The molecule has 1 amide bonds. The molecule has 1 N–H and O–H groups in total. The number of halogens is 1. The average Bonchev–Trinajstić information content (AvgIpc) is 2.53. The van der Waals surface area contributed by atoms with E-state index in [1.165, 1.54) is 12.1 Å². The van der Waals surface area contributed by atoms with Crippen molar-refractivity contribution < 1.29 is 13.9 Å². The van der Waals surface area contributed by atoms with Crippen LogP contribution in [0.4, 0.5) is 4.39 Å². The number of rotatable bonds is 7. The first-order valence-corrected chi connectivity index (χ1v) is 7.82. The van der Waals surface area contributed by atoms with Crippen LogP contribution in [0.15, 0.2) is 48.5 Å². The van der Waals surface area contributed by atoms with Gasteiger partial charge in [-0.2, -0.15) is 0 Å². The largest absolute Gasteiger partial charge is 0.457 e. The summed E-state index contributed by atoms with van der Waals surface area (Å²) in [5.41, 5.74) is 1.03. The Bertz CT molecular complexity index is 638. The van der Waals surface area contributed by atoms with E-state index in [0.717, 1.165) is 5.56 Å². The lowest BCUT2D eigenvalue weighted by Gasteiger charge is -2.09. The zero-order valence-electron chi connectivity index (χ0n) is 13.5. The summed E-state index contributed by atoms with van der Waals surface area (Å²) in [5.74, 6) is 1.48. The van der Waals surface area contributed by atoms with Gasteiger partial charge in [-0.3, -0.25) is 4.79 Å². The highest BCUT2D eigenvalue weighted by Crippen LogP contribution is 2.22. The van der Waals surface area contributed by atoms with Gasteiger partial charge in [-0.25, -0.2) is 4.39 Å². The van der Waals surface area contributed by atoms with E-state index in [-0.39, 0.29) is 11.7 Å². The number of ether oxygens (including phenoxy) is 1. The Morgan fingerprint density at radius 1 is 1.13 bits per heavy atom. The minimum absolute atomic E-state index is 0.0588. The third kappa shape index (κ3) is 6.10. The van der Waals surface area contributed by atoms with E-state index >= 15 is 0 Å². The zero-order valence-corrected chi connectivity index (χ0v) is 13.5. The van der Waals surface area contributed by atoms with Gasteiger partial charge in [0.15, 0.2) is 0 Å². The molecule has 0 saturated carbocycles. The van der Waals surface area contributed by atoms with Gasteiger partial charge in [0.2, 0.25) is 5.91 Å². The van der Waals surface area contributed by atoms with Gasteiger partial charge in [-0.1, -0.05) is 26.0 Å². The maximum Gasteiger partial charge on any atom is 0.220 e. The predicted octanol–water partition coefficient (Wildman–Crippen LogP) is 4.32. The van der Waals surface area contributed by atoms with Gasteiger partial charge in [0.1, 0.15) is 17.3 Å².